The molecule has 0 aliphatic heterocycles. The van der Waals surface area contributed by atoms with Gasteiger partial charge < -0.3 is 10.4 Å². The molecule has 0 aromatic heterocycles. The lowest BCUT2D eigenvalue weighted by atomic mass is 9.68. The van der Waals surface area contributed by atoms with Crippen LogP contribution in [-0.4, -0.2) is 23.5 Å². The van der Waals surface area contributed by atoms with Gasteiger partial charge in [0, 0.05) is 18.9 Å². The van der Waals surface area contributed by atoms with Gasteiger partial charge in [-0.2, -0.15) is 0 Å². The highest BCUT2D eigenvalue weighted by atomic mass is 16.4. The smallest absolute Gasteiger partial charge is 0.303 e. The Bertz CT molecular complexity index is 325. The molecule has 0 radical (unpaired) electrons. The Morgan fingerprint density at radius 3 is 2.63 bits per heavy atom. The molecule has 19 heavy (non-hydrogen) atoms. The summed E-state index contributed by atoms with van der Waals surface area (Å²) in [5, 5.41) is 11.6. The molecule has 0 saturated heterocycles. The van der Waals surface area contributed by atoms with Crippen molar-refractivity contribution in [1.29, 1.82) is 0 Å². The molecule has 1 amide bonds. The third kappa shape index (κ3) is 5.21. The van der Waals surface area contributed by atoms with Gasteiger partial charge >= 0.3 is 5.97 Å². The van der Waals surface area contributed by atoms with Crippen molar-refractivity contribution in [1.82, 2.24) is 5.32 Å². The molecule has 0 bridgehead atoms. The molecule has 110 valence electrons. The van der Waals surface area contributed by atoms with Gasteiger partial charge in [-0.3, -0.25) is 9.59 Å². The Kier molecular flexibility index (Phi) is 5.83. The maximum Gasteiger partial charge on any atom is 0.303 e. The summed E-state index contributed by atoms with van der Waals surface area (Å²) < 4.78 is 0. The van der Waals surface area contributed by atoms with Gasteiger partial charge in [0.25, 0.3) is 0 Å². The number of carbonyl (C=O) groups is 2. The molecule has 0 heterocycles. The monoisotopic (exact) mass is 269 g/mol. The van der Waals surface area contributed by atoms with Crippen molar-refractivity contribution in [2.24, 2.45) is 17.3 Å². The summed E-state index contributed by atoms with van der Waals surface area (Å²) in [6.45, 7) is 6.91. The molecule has 0 aromatic carbocycles. The molecule has 1 aliphatic carbocycles. The molecule has 2 unspecified atom stereocenters. The lowest BCUT2D eigenvalue weighted by Crippen LogP contribution is -2.42. The molecule has 1 rings (SSSR count). The van der Waals surface area contributed by atoms with Crippen LogP contribution in [0.5, 0.6) is 0 Å². The van der Waals surface area contributed by atoms with E-state index in [1.54, 1.807) is 0 Å². The Balaban J connectivity index is 2.36. The Morgan fingerprint density at radius 1 is 1.37 bits per heavy atom. The van der Waals surface area contributed by atoms with Crippen LogP contribution in [0.4, 0.5) is 0 Å². The average molecular weight is 269 g/mol. The van der Waals surface area contributed by atoms with Gasteiger partial charge in [-0.05, 0) is 30.6 Å². The van der Waals surface area contributed by atoms with E-state index in [2.05, 4.69) is 19.2 Å². The molecule has 1 aliphatic rings. The van der Waals surface area contributed by atoms with Crippen molar-refractivity contribution in [2.45, 2.75) is 59.3 Å². The lowest BCUT2D eigenvalue weighted by Gasteiger charge is -2.37. The fourth-order valence-electron chi connectivity index (χ4n) is 2.85. The van der Waals surface area contributed by atoms with E-state index in [-0.39, 0.29) is 29.6 Å². The predicted octanol–water partition coefficient (Wildman–Crippen LogP) is 2.82. The van der Waals surface area contributed by atoms with Gasteiger partial charge in [-0.25, -0.2) is 0 Å². The summed E-state index contributed by atoms with van der Waals surface area (Å²) in [4.78, 5) is 22.7. The number of amides is 1. The molecule has 0 aromatic rings. The topological polar surface area (TPSA) is 66.4 Å². The molecule has 0 spiro atoms. The zero-order valence-corrected chi connectivity index (χ0v) is 12.4. The van der Waals surface area contributed by atoms with E-state index in [0.717, 1.165) is 19.3 Å². The fourth-order valence-corrected chi connectivity index (χ4v) is 2.85. The highest BCUT2D eigenvalue weighted by Crippen LogP contribution is 2.40. The van der Waals surface area contributed by atoms with Gasteiger partial charge in [0.1, 0.15) is 0 Å². The summed E-state index contributed by atoms with van der Waals surface area (Å²) in [5.74, 6) is -0.307. The van der Waals surface area contributed by atoms with Crippen molar-refractivity contribution in [3.63, 3.8) is 0 Å². The van der Waals surface area contributed by atoms with E-state index in [1.165, 1.54) is 6.42 Å². The minimum Gasteiger partial charge on any atom is -0.481 e. The number of hydrogen-bond acceptors (Lipinski definition) is 2. The number of carbonyl (C=O) groups excluding carboxylic acids is 1. The van der Waals surface area contributed by atoms with Crippen molar-refractivity contribution in [3.05, 3.63) is 0 Å². The van der Waals surface area contributed by atoms with E-state index in [9.17, 15) is 9.59 Å². The quantitative estimate of drug-likeness (QED) is 0.779. The van der Waals surface area contributed by atoms with E-state index >= 15 is 0 Å². The van der Waals surface area contributed by atoms with Gasteiger partial charge in [0.2, 0.25) is 5.91 Å². The molecule has 2 N–H and O–H groups in total. The van der Waals surface area contributed by atoms with Crippen LogP contribution in [0.3, 0.4) is 0 Å². The van der Waals surface area contributed by atoms with Gasteiger partial charge in [0.15, 0.2) is 0 Å². The second-order valence-corrected chi connectivity index (χ2v) is 6.57. The molecule has 1 fully saturated rings. The van der Waals surface area contributed by atoms with Crippen LogP contribution in [0.2, 0.25) is 0 Å². The second kappa shape index (κ2) is 6.92. The first-order valence-corrected chi connectivity index (χ1v) is 7.32. The van der Waals surface area contributed by atoms with Gasteiger partial charge in [-0.15, -0.1) is 0 Å². The number of hydrogen-bond donors (Lipinski definition) is 2. The second-order valence-electron chi connectivity index (χ2n) is 6.57. The van der Waals surface area contributed by atoms with Gasteiger partial charge in [0.05, 0.1) is 0 Å². The number of carboxylic acid groups (broad SMARTS) is 1. The van der Waals surface area contributed by atoms with E-state index < -0.39 is 5.97 Å². The highest BCUT2D eigenvalue weighted by Gasteiger charge is 2.36. The normalized spacial score (nSPS) is 23.6. The Labute approximate surface area is 116 Å². The van der Waals surface area contributed by atoms with Crippen molar-refractivity contribution < 1.29 is 14.7 Å². The molecule has 2 atom stereocenters. The first kappa shape index (κ1) is 16.0. The highest BCUT2D eigenvalue weighted by molar-refractivity contribution is 5.79. The van der Waals surface area contributed by atoms with Crippen LogP contribution < -0.4 is 5.32 Å². The van der Waals surface area contributed by atoms with E-state index in [4.69, 9.17) is 5.11 Å². The molecule has 1 saturated carbocycles. The largest absolute Gasteiger partial charge is 0.481 e. The van der Waals surface area contributed by atoms with Crippen LogP contribution in [0.1, 0.15) is 59.3 Å². The summed E-state index contributed by atoms with van der Waals surface area (Å²) in [7, 11) is 0. The lowest BCUT2D eigenvalue weighted by molar-refractivity contribution is -0.137. The maximum absolute atomic E-state index is 12.2. The fraction of sp³-hybridized carbons (Fsp3) is 0.867. The average Bonchev–Trinajstić information content (AvgIpc) is 2.32. The first-order chi connectivity index (χ1) is 8.83. The Hall–Kier alpha value is -1.06. The first-order valence-electron chi connectivity index (χ1n) is 7.32. The zero-order chi connectivity index (χ0) is 14.5. The van der Waals surface area contributed by atoms with Crippen molar-refractivity contribution in [3.8, 4) is 0 Å². The summed E-state index contributed by atoms with van der Waals surface area (Å²) in [6.07, 6.45) is 5.22. The summed E-state index contributed by atoms with van der Waals surface area (Å²) in [6, 6.07) is 0. The minimum atomic E-state index is -0.772. The number of nitrogens with one attached hydrogen (secondary N) is 1. The van der Waals surface area contributed by atoms with Crippen LogP contribution in [-0.2, 0) is 9.59 Å². The number of carboxylic acids is 1. The molecular formula is C15H27NO3. The predicted molar refractivity (Wildman–Crippen MR) is 74.8 cm³/mol. The van der Waals surface area contributed by atoms with Crippen molar-refractivity contribution >= 4 is 11.9 Å². The minimum absolute atomic E-state index is 0.0899. The summed E-state index contributed by atoms with van der Waals surface area (Å²) in [5.41, 5.74) is 0.0899. The molecular weight excluding hydrogens is 242 g/mol. The molecule has 4 nitrogen and oxygen atoms in total. The van der Waals surface area contributed by atoms with Crippen LogP contribution in [0.15, 0.2) is 0 Å². The maximum atomic E-state index is 12.2. The van der Waals surface area contributed by atoms with Crippen molar-refractivity contribution in [2.75, 3.05) is 6.54 Å². The third-order valence-corrected chi connectivity index (χ3v) is 4.30. The van der Waals surface area contributed by atoms with Gasteiger partial charge in [-0.1, -0.05) is 33.6 Å². The SMILES string of the molecule is CC(CCC(=O)O)CNC(=O)C1CCCCC1(C)C. The Morgan fingerprint density at radius 2 is 2.05 bits per heavy atom. The number of rotatable bonds is 6. The summed E-state index contributed by atoms with van der Waals surface area (Å²) >= 11 is 0. The van der Waals surface area contributed by atoms with E-state index in [1.807, 2.05) is 6.92 Å². The standard InChI is InChI=1S/C15H27NO3/c1-11(7-8-13(17)18)10-16-14(19)12-6-4-5-9-15(12,2)3/h11-12H,4-10H2,1-3H3,(H,16,19)(H,17,18). The van der Waals surface area contributed by atoms with Crippen LogP contribution >= 0.6 is 0 Å². The zero-order valence-electron chi connectivity index (χ0n) is 12.4. The number of aliphatic carboxylic acids is 1. The van der Waals surface area contributed by atoms with Crippen LogP contribution in [0, 0.1) is 17.3 Å². The van der Waals surface area contributed by atoms with Crippen LogP contribution in [0.25, 0.3) is 0 Å². The third-order valence-electron chi connectivity index (χ3n) is 4.30. The molecule has 4 heteroatoms. The van der Waals surface area contributed by atoms with E-state index in [0.29, 0.717) is 13.0 Å².